The van der Waals surface area contributed by atoms with Crippen LogP contribution in [0.2, 0.25) is 0 Å². The summed E-state index contributed by atoms with van der Waals surface area (Å²) >= 11 is 0. The SMILES string of the molecule is COc1cccc(-c2ccc(C[C@@H](NC(=O)[C@@H](CC(=O)O)CC(C)C)C(=O)N[C@@H](CC(C)C)C(N)=O)cc2)c1. The van der Waals surface area contributed by atoms with Crippen LogP contribution in [-0.4, -0.2) is 48.0 Å². The highest BCUT2D eigenvalue weighted by atomic mass is 16.5. The molecule has 0 aromatic heterocycles. The molecule has 2 aromatic carbocycles. The summed E-state index contributed by atoms with van der Waals surface area (Å²) in [6.07, 6.45) is 0.514. The summed E-state index contributed by atoms with van der Waals surface area (Å²) in [5, 5.41) is 14.8. The molecule has 0 unspecified atom stereocenters. The molecule has 39 heavy (non-hydrogen) atoms. The Hall–Kier alpha value is -3.88. The number of hydrogen-bond acceptors (Lipinski definition) is 5. The number of nitrogens with two attached hydrogens (primary N) is 1. The second-order valence-electron chi connectivity index (χ2n) is 10.7. The highest BCUT2D eigenvalue weighted by Crippen LogP contribution is 2.24. The quantitative estimate of drug-likeness (QED) is 0.272. The molecule has 0 aliphatic carbocycles. The Balaban J connectivity index is 2.31. The first-order chi connectivity index (χ1) is 18.4. The molecule has 9 heteroatoms. The third-order valence-electron chi connectivity index (χ3n) is 6.34. The van der Waals surface area contributed by atoms with Crippen LogP contribution in [0.1, 0.15) is 52.5 Å². The number of carbonyl (C=O) groups is 4. The minimum Gasteiger partial charge on any atom is -0.497 e. The minimum atomic E-state index is -1.09. The molecule has 2 aromatic rings. The second kappa shape index (κ2) is 14.9. The summed E-state index contributed by atoms with van der Waals surface area (Å²) < 4.78 is 5.30. The van der Waals surface area contributed by atoms with Crippen molar-refractivity contribution in [1.29, 1.82) is 0 Å². The van der Waals surface area contributed by atoms with Crippen LogP contribution in [0.25, 0.3) is 11.1 Å². The van der Waals surface area contributed by atoms with Crippen molar-refractivity contribution in [3.63, 3.8) is 0 Å². The van der Waals surface area contributed by atoms with Gasteiger partial charge in [-0.2, -0.15) is 0 Å². The van der Waals surface area contributed by atoms with Gasteiger partial charge in [-0.3, -0.25) is 19.2 Å². The molecular weight excluding hydrogens is 498 g/mol. The first-order valence-electron chi connectivity index (χ1n) is 13.2. The molecule has 0 heterocycles. The Bertz CT molecular complexity index is 1130. The average Bonchev–Trinajstić information content (AvgIpc) is 2.87. The van der Waals surface area contributed by atoms with Gasteiger partial charge in [0.25, 0.3) is 0 Å². The zero-order valence-electron chi connectivity index (χ0n) is 23.4. The summed E-state index contributed by atoms with van der Waals surface area (Å²) in [7, 11) is 1.60. The van der Waals surface area contributed by atoms with Gasteiger partial charge in [0.05, 0.1) is 13.5 Å². The standard InChI is InChI=1S/C30H41N3O6/c1-18(2)13-23(17-27(34)35)29(37)33-26(30(38)32-25(28(31)36)14-19(3)4)15-20-9-11-21(12-10-20)22-7-6-8-24(16-22)39-5/h6-12,16,18-19,23,25-26H,13-15,17H2,1-5H3,(H2,31,36)(H,32,38)(H,33,37)(H,34,35)/t23-,25+,26-/m1/s1. The molecule has 3 amide bonds. The molecule has 0 saturated carbocycles. The molecule has 0 aliphatic rings. The number of ether oxygens (including phenoxy) is 1. The van der Waals surface area contributed by atoms with Crippen LogP contribution in [0.4, 0.5) is 0 Å². The molecule has 0 spiro atoms. The number of rotatable bonds is 15. The smallest absolute Gasteiger partial charge is 0.304 e. The van der Waals surface area contributed by atoms with Gasteiger partial charge in [-0.25, -0.2) is 0 Å². The van der Waals surface area contributed by atoms with Gasteiger partial charge in [-0.05, 0) is 53.5 Å². The van der Waals surface area contributed by atoms with E-state index in [1.807, 2.05) is 76.2 Å². The zero-order valence-corrected chi connectivity index (χ0v) is 23.4. The summed E-state index contributed by atoms with van der Waals surface area (Å²) in [5.41, 5.74) is 8.22. The van der Waals surface area contributed by atoms with E-state index in [0.29, 0.717) is 12.8 Å². The van der Waals surface area contributed by atoms with E-state index in [0.717, 1.165) is 22.4 Å². The van der Waals surface area contributed by atoms with Gasteiger partial charge in [0, 0.05) is 12.3 Å². The van der Waals surface area contributed by atoms with E-state index in [-0.39, 0.29) is 24.7 Å². The van der Waals surface area contributed by atoms with Crippen molar-refractivity contribution in [2.24, 2.45) is 23.5 Å². The topological polar surface area (TPSA) is 148 Å². The fourth-order valence-corrected chi connectivity index (χ4v) is 4.42. The molecule has 0 fully saturated rings. The number of hydrogen-bond donors (Lipinski definition) is 4. The second-order valence-corrected chi connectivity index (χ2v) is 10.7. The Morgan fingerprint density at radius 2 is 1.46 bits per heavy atom. The number of carboxylic acid groups (broad SMARTS) is 1. The normalized spacial score (nSPS) is 13.4. The van der Waals surface area contributed by atoms with Gasteiger partial charge >= 0.3 is 5.97 Å². The van der Waals surface area contributed by atoms with Crippen LogP contribution >= 0.6 is 0 Å². The molecule has 3 atom stereocenters. The van der Waals surface area contributed by atoms with E-state index >= 15 is 0 Å². The van der Waals surface area contributed by atoms with Crippen LogP contribution in [0.15, 0.2) is 48.5 Å². The molecule has 9 nitrogen and oxygen atoms in total. The lowest BCUT2D eigenvalue weighted by Crippen LogP contribution is -2.54. The van der Waals surface area contributed by atoms with Crippen molar-refractivity contribution < 1.29 is 29.0 Å². The first-order valence-corrected chi connectivity index (χ1v) is 13.2. The van der Waals surface area contributed by atoms with E-state index in [1.54, 1.807) is 7.11 Å². The van der Waals surface area contributed by atoms with Crippen LogP contribution < -0.4 is 21.1 Å². The summed E-state index contributed by atoms with van der Waals surface area (Å²) in [6.45, 7) is 7.63. The van der Waals surface area contributed by atoms with Gasteiger partial charge in [-0.15, -0.1) is 0 Å². The number of benzene rings is 2. The lowest BCUT2D eigenvalue weighted by atomic mass is 9.92. The Kier molecular flexibility index (Phi) is 12.0. The maximum Gasteiger partial charge on any atom is 0.304 e. The van der Waals surface area contributed by atoms with E-state index in [2.05, 4.69) is 10.6 Å². The van der Waals surface area contributed by atoms with Crippen LogP contribution in [-0.2, 0) is 25.6 Å². The van der Waals surface area contributed by atoms with E-state index in [4.69, 9.17) is 10.5 Å². The van der Waals surface area contributed by atoms with Gasteiger partial charge in [-0.1, -0.05) is 64.1 Å². The summed E-state index contributed by atoms with van der Waals surface area (Å²) in [6, 6.07) is 13.3. The molecule has 0 bridgehead atoms. The monoisotopic (exact) mass is 539 g/mol. The molecule has 0 saturated heterocycles. The Labute approximate surface area is 230 Å². The molecular formula is C30H41N3O6. The highest BCUT2D eigenvalue weighted by molar-refractivity contribution is 5.93. The third kappa shape index (κ3) is 10.4. The Morgan fingerprint density at radius 1 is 0.846 bits per heavy atom. The molecule has 2 rings (SSSR count). The Morgan fingerprint density at radius 3 is 2.00 bits per heavy atom. The third-order valence-corrected chi connectivity index (χ3v) is 6.34. The van der Waals surface area contributed by atoms with Crippen molar-refractivity contribution in [3.05, 3.63) is 54.1 Å². The van der Waals surface area contributed by atoms with Gasteiger partial charge in [0.15, 0.2) is 0 Å². The van der Waals surface area contributed by atoms with E-state index in [1.165, 1.54) is 0 Å². The molecule has 212 valence electrons. The van der Waals surface area contributed by atoms with Gasteiger partial charge in [0.1, 0.15) is 17.8 Å². The lowest BCUT2D eigenvalue weighted by Gasteiger charge is -2.25. The maximum atomic E-state index is 13.3. The van der Waals surface area contributed by atoms with Crippen molar-refractivity contribution in [2.75, 3.05) is 7.11 Å². The van der Waals surface area contributed by atoms with E-state index < -0.39 is 41.7 Å². The lowest BCUT2D eigenvalue weighted by molar-refractivity contribution is -0.142. The fraction of sp³-hybridized carbons (Fsp3) is 0.467. The molecule has 5 N–H and O–H groups in total. The molecule has 0 radical (unpaired) electrons. The molecule has 0 aliphatic heterocycles. The largest absolute Gasteiger partial charge is 0.497 e. The number of amides is 3. The van der Waals surface area contributed by atoms with Crippen LogP contribution in [0.5, 0.6) is 5.75 Å². The predicted molar refractivity (Wildman–Crippen MR) is 150 cm³/mol. The number of carboxylic acids is 1. The van der Waals surface area contributed by atoms with Crippen molar-refractivity contribution in [3.8, 4) is 16.9 Å². The van der Waals surface area contributed by atoms with Gasteiger partial charge in [0.2, 0.25) is 17.7 Å². The first kappa shape index (κ1) is 31.3. The fourth-order valence-electron chi connectivity index (χ4n) is 4.42. The number of nitrogens with one attached hydrogen (secondary N) is 2. The highest BCUT2D eigenvalue weighted by Gasteiger charge is 2.30. The van der Waals surface area contributed by atoms with Crippen molar-refractivity contribution in [2.45, 2.75) is 65.5 Å². The number of carbonyl (C=O) groups excluding carboxylic acids is 3. The number of primary amides is 1. The van der Waals surface area contributed by atoms with Crippen LogP contribution in [0, 0.1) is 17.8 Å². The summed E-state index contributed by atoms with van der Waals surface area (Å²) in [4.78, 5) is 49.9. The van der Waals surface area contributed by atoms with Gasteiger partial charge < -0.3 is 26.2 Å². The summed E-state index contributed by atoms with van der Waals surface area (Å²) in [5.74, 6) is -2.69. The number of aliphatic carboxylic acids is 1. The minimum absolute atomic E-state index is 0.0850. The van der Waals surface area contributed by atoms with Crippen LogP contribution in [0.3, 0.4) is 0 Å². The predicted octanol–water partition coefficient (Wildman–Crippen LogP) is 3.54. The average molecular weight is 540 g/mol. The maximum absolute atomic E-state index is 13.3. The zero-order chi connectivity index (χ0) is 29.1. The number of methoxy groups -OCH3 is 1. The van der Waals surface area contributed by atoms with E-state index in [9.17, 15) is 24.3 Å². The van der Waals surface area contributed by atoms with Crippen molar-refractivity contribution in [1.82, 2.24) is 10.6 Å². The van der Waals surface area contributed by atoms with Crippen molar-refractivity contribution >= 4 is 23.7 Å².